The highest BCUT2D eigenvalue weighted by Crippen LogP contribution is 2.29. The smallest absolute Gasteiger partial charge is 0.283 e. The zero-order chi connectivity index (χ0) is 19.5. The van der Waals surface area contributed by atoms with Crippen molar-refractivity contribution in [3.63, 3.8) is 0 Å². The van der Waals surface area contributed by atoms with Gasteiger partial charge in [0.05, 0.1) is 12.7 Å². The number of hydrogen-bond donors (Lipinski definition) is 0. The molecule has 2 rings (SSSR count). The maximum atomic E-state index is 12.8. The van der Waals surface area contributed by atoms with Gasteiger partial charge in [-0.15, -0.1) is 11.3 Å². The first-order valence-electron chi connectivity index (χ1n) is 8.82. The van der Waals surface area contributed by atoms with Gasteiger partial charge in [0.1, 0.15) is 5.75 Å². The van der Waals surface area contributed by atoms with Crippen LogP contribution in [-0.4, -0.2) is 17.6 Å². The first-order chi connectivity index (χ1) is 12.2. The number of unbranched alkanes of at least 4 members (excludes halogenated alkanes) is 1. The summed E-state index contributed by atoms with van der Waals surface area (Å²) in [5, 5.41) is 0.487. The van der Waals surface area contributed by atoms with Gasteiger partial charge in [-0.1, -0.05) is 45.7 Å². The van der Waals surface area contributed by atoms with Gasteiger partial charge < -0.3 is 9.30 Å². The van der Waals surface area contributed by atoms with Gasteiger partial charge in [-0.2, -0.15) is 4.99 Å². The molecule has 0 unspecified atom stereocenters. The molecule has 1 heterocycles. The number of hydrogen-bond acceptors (Lipinski definition) is 3. The SMILES string of the molecule is CCCCn1c(C)c(C(C)(C)C)s/c1=N\C(=O)c1cc(Cl)ccc1OC. The fraction of sp³-hybridized carbons (Fsp3) is 0.500. The molecule has 0 aliphatic carbocycles. The molecular weight excluding hydrogens is 368 g/mol. The molecule has 2 aromatic rings. The number of thiazole rings is 1. The summed E-state index contributed by atoms with van der Waals surface area (Å²) in [7, 11) is 1.54. The molecule has 6 heteroatoms. The highest BCUT2D eigenvalue weighted by molar-refractivity contribution is 7.09. The highest BCUT2D eigenvalue weighted by Gasteiger charge is 2.22. The van der Waals surface area contributed by atoms with Crippen molar-refractivity contribution in [2.45, 2.75) is 59.4 Å². The first-order valence-corrected chi connectivity index (χ1v) is 10.0. The van der Waals surface area contributed by atoms with E-state index in [4.69, 9.17) is 16.3 Å². The van der Waals surface area contributed by atoms with Gasteiger partial charge in [-0.05, 0) is 37.0 Å². The lowest BCUT2D eigenvalue weighted by molar-refractivity contribution is 0.0995. The Morgan fingerprint density at radius 3 is 2.62 bits per heavy atom. The van der Waals surface area contributed by atoms with Gasteiger partial charge in [-0.3, -0.25) is 4.79 Å². The number of benzene rings is 1. The third-order valence-electron chi connectivity index (χ3n) is 4.16. The summed E-state index contributed by atoms with van der Waals surface area (Å²) < 4.78 is 7.45. The number of carbonyl (C=O) groups excluding carboxylic acids is 1. The second-order valence-corrected chi connectivity index (χ2v) is 8.73. The molecule has 0 saturated heterocycles. The first kappa shape index (κ1) is 20.7. The van der Waals surface area contributed by atoms with Crippen LogP contribution in [0.15, 0.2) is 23.2 Å². The van der Waals surface area contributed by atoms with Gasteiger partial charge >= 0.3 is 0 Å². The van der Waals surface area contributed by atoms with Crippen molar-refractivity contribution in [1.29, 1.82) is 0 Å². The van der Waals surface area contributed by atoms with Gasteiger partial charge in [0.2, 0.25) is 0 Å². The topological polar surface area (TPSA) is 43.6 Å². The van der Waals surface area contributed by atoms with Gasteiger partial charge in [0, 0.05) is 22.1 Å². The fourth-order valence-corrected chi connectivity index (χ4v) is 4.22. The van der Waals surface area contributed by atoms with Crippen LogP contribution in [-0.2, 0) is 12.0 Å². The average molecular weight is 395 g/mol. The van der Waals surface area contributed by atoms with Crippen molar-refractivity contribution < 1.29 is 9.53 Å². The molecule has 142 valence electrons. The van der Waals surface area contributed by atoms with E-state index in [1.165, 1.54) is 17.7 Å². The van der Waals surface area contributed by atoms with E-state index in [1.54, 1.807) is 29.5 Å². The molecule has 4 nitrogen and oxygen atoms in total. The minimum Gasteiger partial charge on any atom is -0.496 e. The van der Waals surface area contributed by atoms with E-state index < -0.39 is 0 Å². The third kappa shape index (κ3) is 4.57. The summed E-state index contributed by atoms with van der Waals surface area (Å²) in [6.07, 6.45) is 2.13. The Kier molecular flexibility index (Phi) is 6.69. The predicted molar refractivity (Wildman–Crippen MR) is 109 cm³/mol. The van der Waals surface area contributed by atoms with Crippen LogP contribution in [0, 0.1) is 6.92 Å². The standard InChI is InChI=1S/C20H27ClN2O2S/c1-7-8-11-23-13(2)17(20(3,4)5)26-19(23)22-18(24)15-12-14(21)9-10-16(15)25-6/h9-10,12H,7-8,11H2,1-6H3/b22-19-. The Morgan fingerprint density at radius 1 is 1.35 bits per heavy atom. The van der Waals surface area contributed by atoms with E-state index in [9.17, 15) is 4.79 Å². The summed E-state index contributed by atoms with van der Waals surface area (Å²) in [6, 6.07) is 5.00. The van der Waals surface area contributed by atoms with Crippen LogP contribution in [0.4, 0.5) is 0 Å². The van der Waals surface area contributed by atoms with Gasteiger partial charge in [-0.25, -0.2) is 0 Å². The average Bonchev–Trinajstić information content (AvgIpc) is 2.88. The number of nitrogens with zero attached hydrogens (tertiary/aromatic N) is 2. The number of amides is 1. The number of rotatable bonds is 5. The van der Waals surface area contributed by atoms with E-state index in [1.807, 2.05) is 0 Å². The van der Waals surface area contributed by atoms with E-state index in [0.29, 0.717) is 16.3 Å². The molecule has 0 bridgehead atoms. The van der Waals surface area contributed by atoms with Crippen molar-refractivity contribution in [3.05, 3.63) is 44.2 Å². The van der Waals surface area contributed by atoms with Gasteiger partial charge in [0.25, 0.3) is 5.91 Å². The zero-order valence-electron chi connectivity index (χ0n) is 16.4. The fourth-order valence-electron chi connectivity index (χ4n) is 2.84. The Balaban J connectivity index is 2.59. The zero-order valence-corrected chi connectivity index (χ0v) is 17.9. The van der Waals surface area contributed by atoms with Gasteiger partial charge in [0.15, 0.2) is 4.80 Å². The maximum Gasteiger partial charge on any atom is 0.283 e. The molecule has 0 saturated carbocycles. The molecule has 0 atom stereocenters. The summed E-state index contributed by atoms with van der Waals surface area (Å²) in [5.41, 5.74) is 1.57. The van der Waals surface area contributed by atoms with Crippen molar-refractivity contribution in [2.24, 2.45) is 4.99 Å². The maximum absolute atomic E-state index is 12.8. The van der Waals surface area contributed by atoms with E-state index >= 15 is 0 Å². The van der Waals surface area contributed by atoms with Crippen molar-refractivity contribution in [2.75, 3.05) is 7.11 Å². The van der Waals surface area contributed by atoms with E-state index in [0.717, 1.165) is 24.2 Å². The van der Waals surface area contributed by atoms with Crippen LogP contribution in [0.3, 0.4) is 0 Å². The number of methoxy groups -OCH3 is 1. The lowest BCUT2D eigenvalue weighted by Gasteiger charge is -2.17. The van der Waals surface area contributed by atoms with Crippen molar-refractivity contribution in [3.8, 4) is 5.75 Å². The molecule has 0 spiro atoms. The van der Waals surface area contributed by atoms with Crippen LogP contribution < -0.4 is 9.54 Å². The Bertz CT molecular complexity index is 860. The number of ether oxygens (including phenoxy) is 1. The molecule has 0 fully saturated rings. The number of carbonyl (C=O) groups is 1. The summed E-state index contributed by atoms with van der Waals surface area (Å²) in [4.78, 5) is 19.2. The molecule has 1 amide bonds. The Morgan fingerprint density at radius 2 is 2.04 bits per heavy atom. The van der Waals surface area contributed by atoms with Crippen LogP contribution in [0.5, 0.6) is 5.75 Å². The molecule has 0 aliphatic rings. The molecule has 0 radical (unpaired) electrons. The molecule has 1 aromatic carbocycles. The van der Waals surface area contributed by atoms with Crippen LogP contribution in [0.1, 0.15) is 61.5 Å². The summed E-state index contributed by atoms with van der Waals surface area (Å²) in [5.74, 6) is 0.142. The second kappa shape index (κ2) is 8.40. The predicted octanol–water partition coefficient (Wildman–Crippen LogP) is 5.36. The molecule has 0 aliphatic heterocycles. The largest absolute Gasteiger partial charge is 0.496 e. The molecule has 0 N–H and O–H groups in total. The second-order valence-electron chi connectivity index (χ2n) is 7.32. The quantitative estimate of drug-likeness (QED) is 0.685. The number of aromatic nitrogens is 1. The van der Waals surface area contributed by atoms with Crippen molar-refractivity contribution >= 4 is 28.8 Å². The Labute approximate surface area is 164 Å². The van der Waals surface area contributed by atoms with E-state index in [2.05, 4.69) is 44.2 Å². The monoisotopic (exact) mass is 394 g/mol. The van der Waals surface area contributed by atoms with Crippen LogP contribution in [0.2, 0.25) is 5.02 Å². The third-order valence-corrected chi connectivity index (χ3v) is 6.00. The summed E-state index contributed by atoms with van der Waals surface area (Å²) in [6.45, 7) is 11.7. The van der Waals surface area contributed by atoms with Crippen LogP contribution in [0.25, 0.3) is 0 Å². The lowest BCUT2D eigenvalue weighted by Crippen LogP contribution is -2.19. The molecule has 26 heavy (non-hydrogen) atoms. The summed E-state index contributed by atoms with van der Waals surface area (Å²) >= 11 is 7.64. The minimum atomic E-state index is -0.337. The minimum absolute atomic E-state index is 0.00722. The van der Waals surface area contributed by atoms with Crippen LogP contribution >= 0.6 is 22.9 Å². The van der Waals surface area contributed by atoms with Crippen molar-refractivity contribution in [1.82, 2.24) is 4.57 Å². The Hall–Kier alpha value is -1.59. The lowest BCUT2D eigenvalue weighted by atomic mass is 9.93. The molecular formula is C20H27ClN2O2S. The normalized spacial score (nSPS) is 12.5. The van der Waals surface area contributed by atoms with E-state index in [-0.39, 0.29) is 11.3 Å². The molecule has 1 aromatic heterocycles. The highest BCUT2D eigenvalue weighted by atomic mass is 35.5. The number of halogens is 1.